The van der Waals surface area contributed by atoms with E-state index in [9.17, 15) is 10.1 Å². The molecule has 21 heavy (non-hydrogen) atoms. The first-order valence-corrected chi connectivity index (χ1v) is 6.51. The molecule has 0 atom stereocenters. The van der Waals surface area contributed by atoms with E-state index in [4.69, 9.17) is 0 Å². The standard InChI is InChI=1S/C16H13N3O2/c1-11-16(15-5-3-2-4-12(15)10-17-11)18-13-6-8-14(9-7-13)19(20)21/h2-10,18H,1H3. The van der Waals surface area contributed by atoms with Crippen molar-refractivity contribution in [3.8, 4) is 0 Å². The second-order valence-electron chi connectivity index (χ2n) is 4.73. The third-order valence-corrected chi connectivity index (χ3v) is 3.34. The van der Waals surface area contributed by atoms with Crippen LogP contribution in [-0.4, -0.2) is 9.91 Å². The van der Waals surface area contributed by atoms with Crippen LogP contribution in [0.1, 0.15) is 5.69 Å². The Morgan fingerprint density at radius 2 is 1.81 bits per heavy atom. The van der Waals surface area contributed by atoms with Crippen molar-refractivity contribution in [2.75, 3.05) is 5.32 Å². The molecule has 2 aromatic carbocycles. The number of nitro benzene ring substituents is 1. The molecule has 0 saturated carbocycles. The second kappa shape index (κ2) is 5.20. The summed E-state index contributed by atoms with van der Waals surface area (Å²) in [4.78, 5) is 14.6. The van der Waals surface area contributed by atoms with E-state index < -0.39 is 4.92 Å². The van der Waals surface area contributed by atoms with Crippen molar-refractivity contribution in [3.05, 3.63) is 70.5 Å². The number of rotatable bonds is 3. The van der Waals surface area contributed by atoms with Crippen LogP contribution in [-0.2, 0) is 0 Å². The quantitative estimate of drug-likeness (QED) is 0.576. The molecule has 0 aliphatic rings. The first-order chi connectivity index (χ1) is 10.1. The molecule has 0 saturated heterocycles. The smallest absolute Gasteiger partial charge is 0.269 e. The Labute approximate surface area is 121 Å². The highest BCUT2D eigenvalue weighted by Crippen LogP contribution is 2.28. The lowest BCUT2D eigenvalue weighted by Gasteiger charge is -2.12. The number of nitrogens with zero attached hydrogens (tertiary/aromatic N) is 2. The second-order valence-corrected chi connectivity index (χ2v) is 4.73. The largest absolute Gasteiger partial charge is 0.354 e. The van der Waals surface area contributed by atoms with Gasteiger partial charge in [-0.05, 0) is 19.1 Å². The molecule has 0 radical (unpaired) electrons. The average Bonchev–Trinajstić information content (AvgIpc) is 2.51. The topological polar surface area (TPSA) is 68.1 Å². The number of benzene rings is 2. The highest BCUT2D eigenvalue weighted by atomic mass is 16.6. The van der Waals surface area contributed by atoms with E-state index in [0.717, 1.165) is 27.8 Å². The third kappa shape index (κ3) is 2.53. The molecule has 0 spiro atoms. The number of fused-ring (bicyclic) bond motifs is 1. The fraction of sp³-hybridized carbons (Fsp3) is 0.0625. The minimum atomic E-state index is -0.408. The summed E-state index contributed by atoms with van der Waals surface area (Å²) >= 11 is 0. The summed E-state index contributed by atoms with van der Waals surface area (Å²) in [5, 5.41) is 16.1. The first kappa shape index (κ1) is 13.1. The van der Waals surface area contributed by atoms with Crippen LogP contribution < -0.4 is 5.32 Å². The molecule has 0 aliphatic carbocycles. The van der Waals surface area contributed by atoms with Gasteiger partial charge in [0.2, 0.25) is 0 Å². The highest BCUT2D eigenvalue weighted by Gasteiger charge is 2.08. The minimum absolute atomic E-state index is 0.0771. The van der Waals surface area contributed by atoms with E-state index >= 15 is 0 Å². The molecule has 0 unspecified atom stereocenters. The zero-order valence-corrected chi connectivity index (χ0v) is 11.4. The molecule has 3 rings (SSSR count). The molecule has 1 heterocycles. The van der Waals surface area contributed by atoms with Crippen LogP contribution in [0.5, 0.6) is 0 Å². The molecule has 3 aromatic rings. The molecule has 1 aromatic heterocycles. The molecule has 0 aliphatic heterocycles. The summed E-state index contributed by atoms with van der Waals surface area (Å²) in [6, 6.07) is 14.3. The van der Waals surface area contributed by atoms with Crippen molar-refractivity contribution < 1.29 is 4.92 Å². The molecular weight excluding hydrogens is 266 g/mol. The van der Waals surface area contributed by atoms with Crippen molar-refractivity contribution in [2.45, 2.75) is 6.92 Å². The fourth-order valence-corrected chi connectivity index (χ4v) is 2.23. The van der Waals surface area contributed by atoms with E-state index in [-0.39, 0.29) is 5.69 Å². The van der Waals surface area contributed by atoms with Gasteiger partial charge in [0.15, 0.2) is 0 Å². The predicted octanol–water partition coefficient (Wildman–Crippen LogP) is 4.20. The first-order valence-electron chi connectivity index (χ1n) is 6.51. The number of pyridine rings is 1. The van der Waals surface area contributed by atoms with Crippen LogP contribution in [0, 0.1) is 17.0 Å². The van der Waals surface area contributed by atoms with Crippen LogP contribution in [0.3, 0.4) is 0 Å². The number of aromatic nitrogens is 1. The van der Waals surface area contributed by atoms with Crippen molar-refractivity contribution in [2.24, 2.45) is 0 Å². The van der Waals surface area contributed by atoms with Crippen LogP contribution in [0.4, 0.5) is 17.1 Å². The van der Waals surface area contributed by atoms with Crippen molar-refractivity contribution in [1.29, 1.82) is 0 Å². The monoisotopic (exact) mass is 279 g/mol. The summed E-state index contributed by atoms with van der Waals surface area (Å²) in [5.41, 5.74) is 2.67. The zero-order valence-electron chi connectivity index (χ0n) is 11.4. The van der Waals surface area contributed by atoms with Gasteiger partial charge in [-0.1, -0.05) is 24.3 Å². The Hall–Kier alpha value is -2.95. The number of aryl methyl sites for hydroxylation is 1. The Kier molecular flexibility index (Phi) is 3.23. The maximum absolute atomic E-state index is 10.7. The van der Waals surface area contributed by atoms with Crippen molar-refractivity contribution in [1.82, 2.24) is 4.98 Å². The summed E-state index contributed by atoms with van der Waals surface area (Å²) in [5.74, 6) is 0. The lowest BCUT2D eigenvalue weighted by molar-refractivity contribution is -0.384. The third-order valence-electron chi connectivity index (χ3n) is 3.34. The molecule has 104 valence electrons. The van der Waals surface area contributed by atoms with Gasteiger partial charge in [0.05, 0.1) is 16.3 Å². The van der Waals surface area contributed by atoms with Gasteiger partial charge in [0.25, 0.3) is 5.69 Å². The molecule has 1 N–H and O–H groups in total. The van der Waals surface area contributed by atoms with E-state index in [0.29, 0.717) is 0 Å². The van der Waals surface area contributed by atoms with Gasteiger partial charge in [-0.3, -0.25) is 15.1 Å². The molecular formula is C16H13N3O2. The SMILES string of the molecule is Cc1ncc2ccccc2c1Nc1ccc([N+](=O)[O-])cc1. The summed E-state index contributed by atoms with van der Waals surface area (Å²) in [6.07, 6.45) is 1.84. The summed E-state index contributed by atoms with van der Waals surface area (Å²) in [6.45, 7) is 1.93. The van der Waals surface area contributed by atoms with Gasteiger partial charge in [0, 0.05) is 34.8 Å². The average molecular weight is 279 g/mol. The minimum Gasteiger partial charge on any atom is -0.354 e. The van der Waals surface area contributed by atoms with Crippen molar-refractivity contribution in [3.63, 3.8) is 0 Å². The lowest BCUT2D eigenvalue weighted by Crippen LogP contribution is -1.97. The Morgan fingerprint density at radius 3 is 2.52 bits per heavy atom. The fourth-order valence-electron chi connectivity index (χ4n) is 2.23. The molecule has 5 heteroatoms. The number of nitro groups is 1. The predicted molar refractivity (Wildman–Crippen MR) is 82.9 cm³/mol. The Bertz CT molecular complexity index is 813. The summed E-state index contributed by atoms with van der Waals surface area (Å²) < 4.78 is 0. The Morgan fingerprint density at radius 1 is 1.10 bits per heavy atom. The number of hydrogen-bond acceptors (Lipinski definition) is 4. The summed E-state index contributed by atoms with van der Waals surface area (Å²) in [7, 11) is 0. The van der Waals surface area contributed by atoms with Gasteiger partial charge >= 0.3 is 0 Å². The zero-order chi connectivity index (χ0) is 14.8. The van der Waals surface area contributed by atoms with E-state index in [1.807, 2.05) is 37.4 Å². The number of anilines is 2. The molecule has 0 fully saturated rings. The van der Waals surface area contributed by atoms with Crippen LogP contribution in [0.25, 0.3) is 10.8 Å². The number of hydrogen-bond donors (Lipinski definition) is 1. The molecule has 0 amide bonds. The van der Waals surface area contributed by atoms with Gasteiger partial charge in [-0.25, -0.2) is 0 Å². The lowest BCUT2D eigenvalue weighted by atomic mass is 10.1. The van der Waals surface area contributed by atoms with E-state index in [1.165, 1.54) is 12.1 Å². The van der Waals surface area contributed by atoms with Gasteiger partial charge in [0.1, 0.15) is 0 Å². The van der Waals surface area contributed by atoms with Gasteiger partial charge in [-0.15, -0.1) is 0 Å². The van der Waals surface area contributed by atoms with Gasteiger partial charge < -0.3 is 5.32 Å². The number of nitrogens with one attached hydrogen (secondary N) is 1. The van der Waals surface area contributed by atoms with Crippen LogP contribution in [0.15, 0.2) is 54.7 Å². The van der Waals surface area contributed by atoms with E-state index in [1.54, 1.807) is 12.1 Å². The maximum atomic E-state index is 10.7. The van der Waals surface area contributed by atoms with Gasteiger partial charge in [-0.2, -0.15) is 0 Å². The van der Waals surface area contributed by atoms with E-state index in [2.05, 4.69) is 10.3 Å². The van der Waals surface area contributed by atoms with Crippen molar-refractivity contribution >= 4 is 27.8 Å². The van der Waals surface area contributed by atoms with Crippen LogP contribution >= 0.6 is 0 Å². The molecule has 0 bridgehead atoms. The number of non-ortho nitro benzene ring substituents is 1. The normalized spacial score (nSPS) is 10.5. The maximum Gasteiger partial charge on any atom is 0.269 e. The Balaban J connectivity index is 2.01. The highest BCUT2D eigenvalue weighted by molar-refractivity contribution is 5.95. The van der Waals surface area contributed by atoms with Crippen LogP contribution in [0.2, 0.25) is 0 Å². The molecule has 5 nitrogen and oxygen atoms in total.